The van der Waals surface area contributed by atoms with Gasteiger partial charge >= 0.3 is 6.03 Å². The van der Waals surface area contributed by atoms with Crippen molar-refractivity contribution in [3.63, 3.8) is 0 Å². The Morgan fingerprint density at radius 1 is 1.20 bits per heavy atom. The van der Waals surface area contributed by atoms with E-state index in [0.717, 1.165) is 12.0 Å². The molecule has 1 aromatic heterocycles. The predicted molar refractivity (Wildman–Crippen MR) is 95.7 cm³/mol. The van der Waals surface area contributed by atoms with Crippen LogP contribution in [-0.2, 0) is 4.74 Å². The number of carbonyl (C=O) groups is 1. The smallest absolute Gasteiger partial charge is 0.323 e. The molecule has 3 rings (SSSR count). The third-order valence-electron chi connectivity index (χ3n) is 4.08. The molecule has 1 N–H and O–H groups in total. The Morgan fingerprint density at radius 2 is 2.04 bits per heavy atom. The van der Waals surface area contributed by atoms with Crippen molar-refractivity contribution in [2.24, 2.45) is 0 Å². The lowest BCUT2D eigenvalue weighted by Gasteiger charge is -2.21. The molecule has 6 heteroatoms. The molecule has 6 nitrogen and oxygen atoms in total. The molecule has 2 amide bonds. The number of aromatic nitrogens is 1. The van der Waals surface area contributed by atoms with E-state index in [-0.39, 0.29) is 12.1 Å². The molecule has 0 bridgehead atoms. The standard InChI is InChI=1S/C19H23N3O3/c1-15(16-7-3-2-4-8-16)25-17-9-5-10-20-18(17)21-19(23)22-11-6-13-24-14-12-22/h2-5,7-10,15H,6,11-14H2,1H3,(H,20,21,23)/t15-/m1/s1. The largest absolute Gasteiger partial charge is 0.482 e. The van der Waals surface area contributed by atoms with Crippen molar-refractivity contribution in [3.8, 4) is 5.75 Å². The van der Waals surface area contributed by atoms with E-state index in [0.29, 0.717) is 37.9 Å². The van der Waals surface area contributed by atoms with E-state index in [9.17, 15) is 4.79 Å². The summed E-state index contributed by atoms with van der Waals surface area (Å²) in [6.45, 7) is 4.48. The van der Waals surface area contributed by atoms with Gasteiger partial charge < -0.3 is 14.4 Å². The van der Waals surface area contributed by atoms with Crippen molar-refractivity contribution in [1.29, 1.82) is 0 Å². The van der Waals surface area contributed by atoms with Crippen LogP contribution in [0.1, 0.15) is 25.0 Å². The van der Waals surface area contributed by atoms with Gasteiger partial charge in [0.1, 0.15) is 6.10 Å². The van der Waals surface area contributed by atoms with Crippen LogP contribution in [0, 0.1) is 0 Å². The highest BCUT2D eigenvalue weighted by Gasteiger charge is 2.18. The highest BCUT2D eigenvalue weighted by atomic mass is 16.5. The molecule has 25 heavy (non-hydrogen) atoms. The van der Waals surface area contributed by atoms with Gasteiger partial charge in [0.05, 0.1) is 6.61 Å². The van der Waals surface area contributed by atoms with E-state index in [1.807, 2.05) is 43.3 Å². The number of carbonyl (C=O) groups excluding carboxylic acids is 1. The van der Waals surface area contributed by atoms with Crippen LogP contribution in [0.25, 0.3) is 0 Å². The molecule has 1 atom stereocenters. The number of anilines is 1. The van der Waals surface area contributed by atoms with Crippen LogP contribution in [0.15, 0.2) is 48.7 Å². The van der Waals surface area contributed by atoms with Crippen molar-refractivity contribution in [2.45, 2.75) is 19.4 Å². The lowest BCUT2D eigenvalue weighted by Crippen LogP contribution is -2.37. The SMILES string of the molecule is C[C@@H](Oc1cccnc1NC(=O)N1CCCOCC1)c1ccccc1. The van der Waals surface area contributed by atoms with Crippen LogP contribution in [0.2, 0.25) is 0 Å². The first-order valence-corrected chi connectivity index (χ1v) is 8.54. The predicted octanol–water partition coefficient (Wildman–Crippen LogP) is 3.48. The Morgan fingerprint density at radius 3 is 2.88 bits per heavy atom. The summed E-state index contributed by atoms with van der Waals surface area (Å²) in [4.78, 5) is 18.5. The van der Waals surface area contributed by atoms with Crippen molar-refractivity contribution >= 4 is 11.8 Å². The van der Waals surface area contributed by atoms with Gasteiger partial charge in [0.15, 0.2) is 11.6 Å². The maximum atomic E-state index is 12.5. The monoisotopic (exact) mass is 341 g/mol. The second-order valence-corrected chi connectivity index (χ2v) is 5.90. The maximum Gasteiger partial charge on any atom is 0.323 e. The summed E-state index contributed by atoms with van der Waals surface area (Å²) >= 11 is 0. The number of pyridine rings is 1. The van der Waals surface area contributed by atoms with Gasteiger partial charge in [0, 0.05) is 25.9 Å². The molecule has 1 saturated heterocycles. The van der Waals surface area contributed by atoms with Crippen LogP contribution in [0.4, 0.5) is 10.6 Å². The quantitative estimate of drug-likeness (QED) is 0.925. The number of nitrogens with one attached hydrogen (secondary N) is 1. The van der Waals surface area contributed by atoms with E-state index in [1.165, 1.54) is 0 Å². The van der Waals surface area contributed by atoms with Crippen LogP contribution in [-0.4, -0.2) is 42.2 Å². The molecule has 1 aromatic carbocycles. The number of hydrogen-bond acceptors (Lipinski definition) is 4. The van der Waals surface area contributed by atoms with Crippen molar-refractivity contribution in [2.75, 3.05) is 31.6 Å². The van der Waals surface area contributed by atoms with Crippen LogP contribution in [0.5, 0.6) is 5.75 Å². The molecule has 1 aliphatic rings. The molecule has 1 fully saturated rings. The average Bonchev–Trinajstić information content (AvgIpc) is 2.93. The summed E-state index contributed by atoms with van der Waals surface area (Å²) in [5.74, 6) is 0.985. The van der Waals surface area contributed by atoms with E-state index in [2.05, 4.69) is 10.3 Å². The number of nitrogens with zero attached hydrogens (tertiary/aromatic N) is 2. The van der Waals surface area contributed by atoms with Crippen molar-refractivity contribution < 1.29 is 14.3 Å². The number of ether oxygens (including phenoxy) is 2. The molecule has 2 aromatic rings. The average molecular weight is 341 g/mol. The molecular weight excluding hydrogens is 318 g/mol. The fourth-order valence-electron chi connectivity index (χ4n) is 2.69. The number of urea groups is 1. The zero-order chi connectivity index (χ0) is 17.5. The highest BCUT2D eigenvalue weighted by molar-refractivity contribution is 5.89. The molecular formula is C19H23N3O3. The summed E-state index contributed by atoms with van der Waals surface area (Å²) in [6.07, 6.45) is 2.33. The Labute approximate surface area is 147 Å². The van der Waals surface area contributed by atoms with Gasteiger partial charge in [-0.1, -0.05) is 30.3 Å². The van der Waals surface area contributed by atoms with E-state index >= 15 is 0 Å². The third kappa shape index (κ3) is 4.70. The van der Waals surface area contributed by atoms with Crippen molar-refractivity contribution in [3.05, 3.63) is 54.2 Å². The minimum absolute atomic E-state index is 0.146. The Balaban J connectivity index is 1.69. The number of benzene rings is 1. The molecule has 0 saturated carbocycles. The van der Waals surface area contributed by atoms with E-state index in [1.54, 1.807) is 17.2 Å². The molecule has 0 aliphatic carbocycles. The minimum atomic E-state index is -0.179. The van der Waals surface area contributed by atoms with Crippen LogP contribution in [0.3, 0.4) is 0 Å². The molecule has 1 aliphatic heterocycles. The van der Waals surface area contributed by atoms with Gasteiger partial charge in [0.25, 0.3) is 0 Å². The first-order chi connectivity index (χ1) is 12.2. The summed E-state index contributed by atoms with van der Waals surface area (Å²) in [6, 6.07) is 13.4. The molecule has 0 unspecified atom stereocenters. The van der Waals surface area contributed by atoms with Gasteiger partial charge in [-0.15, -0.1) is 0 Å². The summed E-state index contributed by atoms with van der Waals surface area (Å²) < 4.78 is 11.4. The van der Waals surface area contributed by atoms with Crippen LogP contribution < -0.4 is 10.1 Å². The van der Waals surface area contributed by atoms with Gasteiger partial charge in [-0.2, -0.15) is 0 Å². The maximum absolute atomic E-state index is 12.5. The van der Waals surface area contributed by atoms with E-state index < -0.39 is 0 Å². The molecule has 132 valence electrons. The second-order valence-electron chi connectivity index (χ2n) is 5.90. The van der Waals surface area contributed by atoms with Crippen molar-refractivity contribution in [1.82, 2.24) is 9.88 Å². The molecule has 0 radical (unpaired) electrons. The Bertz CT molecular complexity index is 685. The zero-order valence-electron chi connectivity index (χ0n) is 14.4. The number of hydrogen-bond donors (Lipinski definition) is 1. The number of rotatable bonds is 4. The Hall–Kier alpha value is -2.60. The summed E-state index contributed by atoms with van der Waals surface area (Å²) in [5.41, 5.74) is 1.06. The molecule has 0 spiro atoms. The summed E-state index contributed by atoms with van der Waals surface area (Å²) in [7, 11) is 0. The fourth-order valence-corrected chi connectivity index (χ4v) is 2.69. The molecule has 2 heterocycles. The van der Waals surface area contributed by atoms with Gasteiger partial charge in [0.2, 0.25) is 0 Å². The lowest BCUT2D eigenvalue weighted by atomic mass is 10.1. The zero-order valence-corrected chi connectivity index (χ0v) is 14.4. The fraction of sp³-hybridized carbons (Fsp3) is 0.368. The normalized spacial score (nSPS) is 16.0. The van der Waals surface area contributed by atoms with Gasteiger partial charge in [-0.25, -0.2) is 9.78 Å². The van der Waals surface area contributed by atoms with Gasteiger partial charge in [-0.3, -0.25) is 5.32 Å². The summed E-state index contributed by atoms with van der Waals surface area (Å²) in [5, 5.41) is 2.86. The lowest BCUT2D eigenvalue weighted by molar-refractivity contribution is 0.144. The third-order valence-corrected chi connectivity index (χ3v) is 4.08. The first-order valence-electron chi connectivity index (χ1n) is 8.54. The van der Waals surface area contributed by atoms with Crippen LogP contribution >= 0.6 is 0 Å². The Kier molecular flexibility index (Phi) is 5.85. The van der Waals surface area contributed by atoms with E-state index in [4.69, 9.17) is 9.47 Å². The second kappa shape index (κ2) is 8.48. The topological polar surface area (TPSA) is 63.7 Å². The van der Waals surface area contributed by atoms with Gasteiger partial charge in [-0.05, 0) is 31.0 Å². The number of amides is 2. The first kappa shape index (κ1) is 17.2. The minimum Gasteiger partial charge on any atom is -0.482 e. The highest BCUT2D eigenvalue weighted by Crippen LogP contribution is 2.27.